The molecule has 0 unspecified atom stereocenters. The van der Waals surface area contributed by atoms with Crippen LogP contribution in [0.15, 0.2) is 162 Å². The van der Waals surface area contributed by atoms with E-state index in [1.54, 1.807) is 0 Å². The van der Waals surface area contributed by atoms with Crippen LogP contribution in [0.1, 0.15) is 0 Å². The van der Waals surface area contributed by atoms with E-state index in [-0.39, 0.29) is 0 Å². The van der Waals surface area contributed by atoms with Gasteiger partial charge in [-0.2, -0.15) is 0 Å². The number of hydrogen-bond acceptors (Lipinski definition) is 4. The summed E-state index contributed by atoms with van der Waals surface area (Å²) in [5.41, 5.74) is 8.30. The van der Waals surface area contributed by atoms with Gasteiger partial charge in [0.25, 0.3) is 0 Å². The molecular formula is C41H26N2OS. The van der Waals surface area contributed by atoms with E-state index in [1.165, 1.54) is 31.3 Å². The Morgan fingerprint density at radius 3 is 1.89 bits per heavy atom. The lowest BCUT2D eigenvalue weighted by Crippen LogP contribution is -2.09. The number of fused-ring (bicyclic) bond motifs is 6. The van der Waals surface area contributed by atoms with Crippen molar-refractivity contribution in [2.24, 2.45) is 0 Å². The van der Waals surface area contributed by atoms with Gasteiger partial charge in [-0.15, -0.1) is 11.3 Å². The number of aromatic nitrogens is 1. The Bertz CT molecular complexity index is 2480. The minimum absolute atomic E-state index is 0.623. The van der Waals surface area contributed by atoms with Gasteiger partial charge in [0.15, 0.2) is 5.58 Å². The maximum Gasteiger partial charge on any atom is 0.227 e. The van der Waals surface area contributed by atoms with Crippen LogP contribution >= 0.6 is 11.3 Å². The van der Waals surface area contributed by atoms with Crippen LogP contribution in [-0.2, 0) is 0 Å². The number of hydrogen-bond donors (Lipinski definition) is 0. The molecule has 45 heavy (non-hydrogen) atoms. The third-order valence-corrected chi connectivity index (χ3v) is 9.64. The van der Waals surface area contributed by atoms with Gasteiger partial charge in [-0.1, -0.05) is 97.1 Å². The molecule has 9 aromatic rings. The Morgan fingerprint density at radius 1 is 0.467 bits per heavy atom. The Hall–Kier alpha value is -5.71. The molecule has 0 bridgehead atoms. The minimum atomic E-state index is 0.623. The molecule has 212 valence electrons. The molecule has 0 spiro atoms. The van der Waals surface area contributed by atoms with Crippen LogP contribution in [0.3, 0.4) is 0 Å². The van der Waals surface area contributed by atoms with Gasteiger partial charge in [-0.25, -0.2) is 4.98 Å². The number of nitrogens with zero attached hydrogens (tertiary/aromatic N) is 2. The quantitative estimate of drug-likeness (QED) is 0.198. The predicted octanol–water partition coefficient (Wildman–Crippen LogP) is 12.2. The first-order chi connectivity index (χ1) is 22.3. The summed E-state index contributed by atoms with van der Waals surface area (Å²) >= 11 is 1.84. The van der Waals surface area contributed by atoms with Crippen molar-refractivity contribution in [3.05, 3.63) is 158 Å². The van der Waals surface area contributed by atoms with E-state index in [4.69, 9.17) is 9.40 Å². The smallest absolute Gasteiger partial charge is 0.227 e. The molecule has 0 aliphatic heterocycles. The van der Waals surface area contributed by atoms with Crippen LogP contribution in [0, 0.1) is 0 Å². The van der Waals surface area contributed by atoms with Gasteiger partial charge in [0.05, 0.1) is 0 Å². The fraction of sp³-hybridized carbons (Fsp3) is 0. The van der Waals surface area contributed by atoms with Crippen molar-refractivity contribution in [1.82, 2.24) is 4.98 Å². The first-order valence-corrected chi connectivity index (χ1v) is 15.9. The second-order valence-electron chi connectivity index (χ2n) is 11.2. The van der Waals surface area contributed by atoms with Crippen LogP contribution in [0.5, 0.6) is 0 Å². The first-order valence-electron chi connectivity index (χ1n) is 15.0. The van der Waals surface area contributed by atoms with Gasteiger partial charge in [0.2, 0.25) is 5.89 Å². The average molecular weight is 595 g/mol. The van der Waals surface area contributed by atoms with Gasteiger partial charge < -0.3 is 9.32 Å². The third kappa shape index (κ3) is 4.46. The molecule has 0 amide bonds. The van der Waals surface area contributed by atoms with E-state index in [1.807, 2.05) is 29.5 Å². The molecule has 0 atom stereocenters. The highest BCUT2D eigenvalue weighted by Crippen LogP contribution is 2.41. The zero-order valence-corrected chi connectivity index (χ0v) is 25.0. The molecule has 0 radical (unpaired) electrons. The van der Waals surface area contributed by atoms with Crippen molar-refractivity contribution in [3.8, 4) is 22.6 Å². The van der Waals surface area contributed by atoms with Gasteiger partial charge in [-0.05, 0) is 77.2 Å². The Labute approximate surface area is 264 Å². The highest BCUT2D eigenvalue weighted by Gasteiger charge is 2.17. The third-order valence-electron chi connectivity index (χ3n) is 8.51. The molecule has 0 aliphatic rings. The van der Waals surface area contributed by atoms with Gasteiger partial charge in [0, 0.05) is 48.2 Å². The number of rotatable bonds is 5. The van der Waals surface area contributed by atoms with Crippen LogP contribution < -0.4 is 4.90 Å². The number of thiophene rings is 1. The Morgan fingerprint density at radius 2 is 1.09 bits per heavy atom. The second-order valence-corrected chi connectivity index (χ2v) is 12.3. The molecular weight excluding hydrogens is 569 g/mol. The SMILES string of the molecule is c1ccc(-c2ccc(N(c3ccc(-c4nc5c(ccc6ccccc65)o4)cc3)c3ccc4c(c3)sc3ccccc34)cc2)cc1. The van der Waals surface area contributed by atoms with Crippen molar-refractivity contribution >= 4 is 70.4 Å². The molecule has 0 saturated carbocycles. The number of anilines is 3. The summed E-state index contributed by atoms with van der Waals surface area (Å²) in [6.45, 7) is 0. The molecule has 2 heterocycles. The average Bonchev–Trinajstić information content (AvgIpc) is 3.71. The topological polar surface area (TPSA) is 29.3 Å². The summed E-state index contributed by atoms with van der Waals surface area (Å²) in [5, 5.41) is 4.85. The summed E-state index contributed by atoms with van der Waals surface area (Å²) in [4.78, 5) is 7.24. The first kappa shape index (κ1) is 25.8. The van der Waals surface area contributed by atoms with E-state index in [2.05, 4.69) is 144 Å². The normalized spacial score (nSPS) is 11.6. The molecule has 0 fully saturated rings. The molecule has 0 saturated heterocycles. The molecule has 7 aromatic carbocycles. The van der Waals surface area contributed by atoms with Crippen LogP contribution in [0.4, 0.5) is 17.1 Å². The lowest BCUT2D eigenvalue weighted by Gasteiger charge is -2.26. The molecule has 0 N–H and O–H groups in total. The zero-order chi connectivity index (χ0) is 29.7. The van der Waals surface area contributed by atoms with Gasteiger partial charge in [0.1, 0.15) is 5.52 Å². The highest BCUT2D eigenvalue weighted by molar-refractivity contribution is 7.25. The number of oxazole rings is 1. The summed E-state index contributed by atoms with van der Waals surface area (Å²) in [6, 6.07) is 55.7. The standard InChI is InChI=1S/C41H26N2OS/c1-2-8-27(9-3-1)28-14-19-31(20-15-28)43(33-23-24-36-35-12-6-7-13-38(35)45-39(36)26-33)32-21-16-30(17-22-32)41-42-40-34-11-5-4-10-29(34)18-25-37(40)44-41/h1-26H. The van der Waals surface area contributed by atoms with Gasteiger partial charge >= 0.3 is 0 Å². The van der Waals surface area contributed by atoms with E-state index in [0.717, 1.165) is 44.5 Å². The molecule has 9 rings (SSSR count). The maximum atomic E-state index is 6.24. The fourth-order valence-electron chi connectivity index (χ4n) is 6.27. The van der Waals surface area contributed by atoms with Crippen molar-refractivity contribution < 1.29 is 4.42 Å². The molecule has 3 nitrogen and oxygen atoms in total. The van der Waals surface area contributed by atoms with Crippen LogP contribution in [0.2, 0.25) is 0 Å². The largest absolute Gasteiger partial charge is 0.436 e. The lowest BCUT2D eigenvalue weighted by atomic mass is 10.0. The fourth-order valence-corrected chi connectivity index (χ4v) is 7.41. The Balaban J connectivity index is 1.14. The van der Waals surface area contributed by atoms with Crippen LogP contribution in [-0.4, -0.2) is 4.98 Å². The molecule has 0 aliphatic carbocycles. The molecule has 4 heteroatoms. The lowest BCUT2D eigenvalue weighted by molar-refractivity contribution is 0.620. The number of benzene rings is 7. The summed E-state index contributed by atoms with van der Waals surface area (Å²) in [6.07, 6.45) is 0. The summed E-state index contributed by atoms with van der Waals surface area (Å²) in [5.74, 6) is 0.623. The monoisotopic (exact) mass is 594 g/mol. The van der Waals surface area contributed by atoms with E-state index >= 15 is 0 Å². The van der Waals surface area contributed by atoms with Crippen LogP contribution in [0.25, 0.3) is 64.6 Å². The summed E-state index contributed by atoms with van der Waals surface area (Å²) in [7, 11) is 0. The van der Waals surface area contributed by atoms with Crippen molar-refractivity contribution in [2.75, 3.05) is 4.90 Å². The van der Waals surface area contributed by atoms with E-state index in [0.29, 0.717) is 5.89 Å². The second kappa shape index (κ2) is 10.5. The van der Waals surface area contributed by atoms with E-state index < -0.39 is 0 Å². The van der Waals surface area contributed by atoms with Crippen molar-refractivity contribution in [2.45, 2.75) is 0 Å². The van der Waals surface area contributed by atoms with Crippen molar-refractivity contribution in [3.63, 3.8) is 0 Å². The maximum absolute atomic E-state index is 6.24. The van der Waals surface area contributed by atoms with E-state index in [9.17, 15) is 0 Å². The highest BCUT2D eigenvalue weighted by atomic mass is 32.1. The van der Waals surface area contributed by atoms with Crippen molar-refractivity contribution in [1.29, 1.82) is 0 Å². The Kier molecular flexibility index (Phi) is 6.00. The zero-order valence-electron chi connectivity index (χ0n) is 24.2. The van der Waals surface area contributed by atoms with Gasteiger partial charge in [-0.3, -0.25) is 0 Å². The predicted molar refractivity (Wildman–Crippen MR) is 190 cm³/mol. The molecule has 2 aromatic heterocycles. The summed E-state index contributed by atoms with van der Waals surface area (Å²) < 4.78 is 8.82. The minimum Gasteiger partial charge on any atom is -0.436 e.